The van der Waals surface area contributed by atoms with Crippen LogP contribution in [0.3, 0.4) is 0 Å². The second-order valence-corrected chi connectivity index (χ2v) is 11.2. The second-order valence-electron chi connectivity index (χ2n) is 11.2. The summed E-state index contributed by atoms with van der Waals surface area (Å²) in [5, 5.41) is 11.1. The van der Waals surface area contributed by atoms with Crippen LogP contribution in [0.15, 0.2) is 54.6 Å². The monoisotopic (exact) mass is 503 g/mol. The lowest BCUT2D eigenvalue weighted by molar-refractivity contribution is -0.155. The first kappa shape index (κ1) is 24.2. The van der Waals surface area contributed by atoms with Crippen LogP contribution < -0.4 is 4.59 Å². The van der Waals surface area contributed by atoms with Crippen molar-refractivity contribution in [1.82, 2.24) is 9.60 Å². The van der Waals surface area contributed by atoms with Crippen LogP contribution in [0.25, 0.3) is 0 Å². The molecule has 2 amide bonds. The zero-order valence-electron chi connectivity index (χ0n) is 21.1. The quantitative estimate of drug-likeness (QED) is 0.485. The van der Waals surface area contributed by atoms with E-state index in [1.165, 1.54) is 0 Å². The van der Waals surface area contributed by atoms with E-state index in [4.69, 9.17) is 4.74 Å². The SMILES string of the molecule is O=C(O)CCC(=O)N(C1CC1)[N@@+]1(C(=O)OC(c2ccccc2)C2CC2)c2ccccc2C[C@H]2CCC[C@H]21. The first-order valence-corrected chi connectivity index (χ1v) is 13.8. The molecule has 4 atom stereocenters. The number of benzene rings is 2. The number of ether oxygens (including phenoxy) is 1. The third kappa shape index (κ3) is 4.33. The van der Waals surface area contributed by atoms with Crippen LogP contribution >= 0.6 is 0 Å². The van der Waals surface area contributed by atoms with E-state index in [-0.39, 0.29) is 59.5 Å². The maximum atomic E-state index is 14.8. The van der Waals surface area contributed by atoms with E-state index >= 15 is 0 Å². The lowest BCUT2D eigenvalue weighted by Crippen LogP contribution is -2.74. The number of para-hydroxylation sites is 1. The van der Waals surface area contributed by atoms with Crippen molar-refractivity contribution in [1.29, 1.82) is 0 Å². The summed E-state index contributed by atoms with van der Waals surface area (Å²) >= 11 is 0. The van der Waals surface area contributed by atoms with Gasteiger partial charge in [0.1, 0.15) is 12.1 Å². The molecule has 1 N–H and O–H groups in total. The smallest absolute Gasteiger partial charge is 0.481 e. The van der Waals surface area contributed by atoms with Gasteiger partial charge >= 0.3 is 12.1 Å². The Morgan fingerprint density at radius 3 is 2.35 bits per heavy atom. The van der Waals surface area contributed by atoms with Crippen LogP contribution in [-0.2, 0) is 20.7 Å². The third-order valence-electron chi connectivity index (χ3n) is 8.67. The summed E-state index contributed by atoms with van der Waals surface area (Å²) in [6.45, 7) is 0. The van der Waals surface area contributed by atoms with Crippen LogP contribution in [0.1, 0.15) is 75.0 Å². The van der Waals surface area contributed by atoms with Crippen LogP contribution in [0.4, 0.5) is 10.5 Å². The number of carboxylic acids is 1. The number of amides is 2. The molecule has 37 heavy (non-hydrogen) atoms. The Hall–Kier alpha value is -3.19. The molecule has 7 nitrogen and oxygen atoms in total. The van der Waals surface area contributed by atoms with Crippen LogP contribution in [0.5, 0.6) is 0 Å². The number of carbonyl (C=O) groups excluding carboxylic acids is 2. The fraction of sp³-hybridized carbons (Fsp3) is 0.500. The number of hydrogen-bond donors (Lipinski definition) is 1. The highest BCUT2D eigenvalue weighted by molar-refractivity contribution is 5.91. The highest BCUT2D eigenvalue weighted by Gasteiger charge is 2.65. The highest BCUT2D eigenvalue weighted by Crippen LogP contribution is 2.52. The lowest BCUT2D eigenvalue weighted by Gasteiger charge is -2.50. The fourth-order valence-electron chi connectivity index (χ4n) is 6.77. The predicted octanol–water partition coefficient (Wildman–Crippen LogP) is 5.78. The first-order valence-electron chi connectivity index (χ1n) is 13.8. The maximum Gasteiger partial charge on any atom is 0.547 e. The summed E-state index contributed by atoms with van der Waals surface area (Å²) in [5.41, 5.74) is 2.90. The summed E-state index contributed by atoms with van der Waals surface area (Å²) in [4.78, 5) is 40.1. The minimum absolute atomic E-state index is 0.0858. The Bertz CT molecular complexity index is 1190. The van der Waals surface area contributed by atoms with Gasteiger partial charge in [0.05, 0.1) is 12.5 Å². The maximum absolute atomic E-state index is 14.8. The molecule has 4 aliphatic rings. The number of carbonyl (C=O) groups is 3. The first-order chi connectivity index (χ1) is 18.0. The molecular formula is C30H35N2O5+. The van der Waals surface area contributed by atoms with Gasteiger partial charge in [-0.2, -0.15) is 9.80 Å². The average Bonchev–Trinajstić information content (AvgIpc) is 3.85. The molecule has 0 saturated heterocycles. The third-order valence-corrected chi connectivity index (χ3v) is 8.67. The standard InChI is InChI=1S/C30H34N2O5/c33-27(17-18-28(34)35)31(24-15-16-24)32(25-11-5-4-9-22(25)19-23-10-6-12-26(23)32)30(36)37-29(21-13-14-21)20-7-2-1-3-8-20/h1-5,7-9,11,21,23-24,26,29H,6,10,12-19H2/p+1/t23-,26-,29?,32+/m1/s1. The van der Waals surface area contributed by atoms with Gasteiger partial charge in [-0.05, 0) is 50.5 Å². The summed E-state index contributed by atoms with van der Waals surface area (Å²) in [7, 11) is 0. The second kappa shape index (κ2) is 9.60. The van der Waals surface area contributed by atoms with Crippen molar-refractivity contribution in [2.75, 3.05) is 0 Å². The van der Waals surface area contributed by atoms with Gasteiger partial charge in [0.2, 0.25) is 0 Å². The van der Waals surface area contributed by atoms with Gasteiger partial charge in [0.25, 0.3) is 5.91 Å². The van der Waals surface area contributed by atoms with Crippen LogP contribution in [0, 0.1) is 11.8 Å². The highest BCUT2D eigenvalue weighted by atomic mass is 16.6. The number of nitrogens with zero attached hydrogens (tertiary/aromatic N) is 2. The molecule has 0 spiro atoms. The van der Waals surface area contributed by atoms with Crippen molar-refractivity contribution in [3.05, 3.63) is 65.7 Å². The van der Waals surface area contributed by atoms with E-state index in [2.05, 4.69) is 6.07 Å². The van der Waals surface area contributed by atoms with Crippen LogP contribution in [-0.4, -0.2) is 40.2 Å². The molecule has 0 bridgehead atoms. The predicted molar refractivity (Wildman–Crippen MR) is 138 cm³/mol. The molecular weight excluding hydrogens is 468 g/mol. The molecule has 1 unspecified atom stereocenters. The van der Waals surface area contributed by atoms with Gasteiger partial charge in [-0.15, -0.1) is 0 Å². The van der Waals surface area contributed by atoms with Gasteiger partial charge in [0.15, 0.2) is 5.69 Å². The normalized spacial score (nSPS) is 27.0. The lowest BCUT2D eigenvalue weighted by atomic mass is 9.86. The zero-order valence-corrected chi connectivity index (χ0v) is 21.1. The van der Waals surface area contributed by atoms with Gasteiger partial charge in [-0.25, -0.2) is 0 Å². The Kier molecular flexibility index (Phi) is 6.27. The molecule has 1 aliphatic heterocycles. The van der Waals surface area contributed by atoms with Gasteiger partial charge in [-0.3, -0.25) is 9.59 Å². The Balaban J connectivity index is 1.48. The number of aliphatic carboxylic acids is 1. The number of carboxylic acid groups (broad SMARTS) is 1. The molecule has 1 heterocycles. The van der Waals surface area contributed by atoms with E-state index in [0.29, 0.717) is 0 Å². The molecule has 6 rings (SSSR count). The van der Waals surface area contributed by atoms with E-state index in [1.54, 1.807) is 5.01 Å². The average molecular weight is 504 g/mol. The number of fused-ring (bicyclic) bond motifs is 2. The molecule has 3 saturated carbocycles. The van der Waals surface area contributed by atoms with Gasteiger partial charge in [-0.1, -0.05) is 53.1 Å². The van der Waals surface area contributed by atoms with Crippen molar-refractivity contribution in [3.8, 4) is 0 Å². The van der Waals surface area contributed by atoms with Crippen LogP contribution in [0.2, 0.25) is 0 Å². The Morgan fingerprint density at radius 2 is 1.65 bits per heavy atom. The largest absolute Gasteiger partial charge is 0.547 e. The molecule has 3 fully saturated rings. The van der Waals surface area contributed by atoms with E-state index < -0.39 is 5.97 Å². The molecule has 0 aromatic heterocycles. The van der Waals surface area contributed by atoms with Crippen molar-refractivity contribution in [3.63, 3.8) is 0 Å². The fourth-order valence-corrected chi connectivity index (χ4v) is 6.77. The molecule has 3 aliphatic carbocycles. The number of quaternary nitrogens is 1. The molecule has 194 valence electrons. The Morgan fingerprint density at radius 1 is 0.919 bits per heavy atom. The van der Waals surface area contributed by atoms with E-state index in [0.717, 1.165) is 68.2 Å². The van der Waals surface area contributed by atoms with Crippen molar-refractivity contribution in [2.45, 2.75) is 82.4 Å². The zero-order chi connectivity index (χ0) is 25.6. The molecule has 0 radical (unpaired) electrons. The molecule has 2 aromatic carbocycles. The number of hydrogen-bond acceptors (Lipinski definition) is 4. The van der Waals surface area contributed by atoms with Gasteiger partial charge < -0.3 is 9.84 Å². The summed E-state index contributed by atoms with van der Waals surface area (Å²) < 4.78 is 6.29. The minimum atomic E-state index is -1.01. The van der Waals surface area contributed by atoms with E-state index in [1.807, 2.05) is 48.5 Å². The van der Waals surface area contributed by atoms with Crippen molar-refractivity contribution >= 4 is 23.7 Å². The Labute approximate surface area is 217 Å². The molecule has 7 heteroatoms. The van der Waals surface area contributed by atoms with Crippen molar-refractivity contribution < 1.29 is 24.2 Å². The minimum Gasteiger partial charge on any atom is -0.481 e. The van der Waals surface area contributed by atoms with Crippen molar-refractivity contribution in [2.24, 2.45) is 11.8 Å². The summed E-state index contributed by atoms with van der Waals surface area (Å²) in [5.74, 6) is -0.726. The molecule has 2 aromatic rings. The topological polar surface area (TPSA) is 83.9 Å². The summed E-state index contributed by atoms with van der Waals surface area (Å²) in [6.07, 6.45) is 6.29. The number of rotatable bonds is 7. The van der Waals surface area contributed by atoms with E-state index in [9.17, 15) is 19.5 Å². The summed E-state index contributed by atoms with van der Waals surface area (Å²) in [6, 6.07) is 17.8. The van der Waals surface area contributed by atoms with Gasteiger partial charge in [0, 0.05) is 36.3 Å².